The summed E-state index contributed by atoms with van der Waals surface area (Å²) in [6, 6.07) is -0.712. The van der Waals surface area contributed by atoms with Crippen LogP contribution in [0.1, 0.15) is 38.2 Å². The fourth-order valence-electron chi connectivity index (χ4n) is 1.20. The molecule has 1 aromatic rings. The highest BCUT2D eigenvalue weighted by Gasteiger charge is 2.22. The quantitative estimate of drug-likeness (QED) is 0.825. The number of rotatable bonds is 3. The lowest BCUT2D eigenvalue weighted by Crippen LogP contribution is -2.41. The van der Waals surface area contributed by atoms with Crippen molar-refractivity contribution >= 4 is 11.9 Å². The minimum atomic E-state index is -0.712. The summed E-state index contributed by atoms with van der Waals surface area (Å²) in [7, 11) is 0. The lowest BCUT2D eigenvalue weighted by molar-refractivity contribution is 0.0496. The maximum absolute atomic E-state index is 11.9. The Balaban J connectivity index is 2.59. The van der Waals surface area contributed by atoms with Crippen LogP contribution in [0.4, 0.5) is 4.79 Å². The molecule has 6 nitrogen and oxygen atoms in total. The monoisotopic (exact) mass is 251 g/mol. The van der Waals surface area contributed by atoms with Gasteiger partial charge < -0.3 is 10.1 Å². The number of Topliss-reactive ketones (excluding diaryl/α,β-unsaturated/α-hetero) is 1. The summed E-state index contributed by atoms with van der Waals surface area (Å²) in [4.78, 5) is 31.0. The molecular formula is C12H17N3O3. The number of hydrogen-bond acceptors (Lipinski definition) is 5. The van der Waals surface area contributed by atoms with Gasteiger partial charge in [0.15, 0.2) is 0 Å². The fraction of sp³-hybridized carbons (Fsp3) is 0.500. The van der Waals surface area contributed by atoms with Gasteiger partial charge in [-0.15, -0.1) is 0 Å². The van der Waals surface area contributed by atoms with Crippen molar-refractivity contribution in [3.8, 4) is 0 Å². The van der Waals surface area contributed by atoms with Crippen molar-refractivity contribution in [3.05, 3.63) is 24.3 Å². The lowest BCUT2D eigenvalue weighted by Gasteiger charge is -2.21. The van der Waals surface area contributed by atoms with Gasteiger partial charge in [0.2, 0.25) is 5.78 Å². The summed E-state index contributed by atoms with van der Waals surface area (Å²) in [5, 5.41) is 2.46. The highest BCUT2D eigenvalue weighted by molar-refractivity contribution is 5.99. The van der Waals surface area contributed by atoms with E-state index in [-0.39, 0.29) is 11.5 Å². The van der Waals surface area contributed by atoms with E-state index in [2.05, 4.69) is 15.3 Å². The molecule has 0 aromatic carbocycles. The Bertz CT molecular complexity index is 426. The SMILES string of the molecule is CC(NC(=O)OC(C)(C)C)C(=O)c1cnccn1. The van der Waals surface area contributed by atoms with Crippen LogP contribution in [0, 0.1) is 0 Å². The zero-order valence-electron chi connectivity index (χ0n) is 10.9. The topological polar surface area (TPSA) is 81.2 Å². The molecule has 0 radical (unpaired) electrons. The average molecular weight is 251 g/mol. The second kappa shape index (κ2) is 5.57. The number of alkyl carbamates (subject to hydrolysis) is 1. The number of amides is 1. The van der Waals surface area contributed by atoms with Gasteiger partial charge >= 0.3 is 6.09 Å². The Morgan fingerprint density at radius 1 is 1.33 bits per heavy atom. The van der Waals surface area contributed by atoms with Crippen molar-refractivity contribution in [2.45, 2.75) is 39.3 Å². The second-order valence-electron chi connectivity index (χ2n) is 4.82. The van der Waals surface area contributed by atoms with Crippen LogP contribution < -0.4 is 5.32 Å². The molecule has 0 aliphatic carbocycles. The van der Waals surface area contributed by atoms with E-state index in [0.717, 1.165) is 0 Å². The summed E-state index contributed by atoms with van der Waals surface area (Å²) < 4.78 is 5.06. The molecular weight excluding hydrogens is 234 g/mol. The predicted molar refractivity (Wildman–Crippen MR) is 65.2 cm³/mol. The van der Waals surface area contributed by atoms with E-state index in [9.17, 15) is 9.59 Å². The summed E-state index contributed by atoms with van der Waals surface area (Å²) in [6.45, 7) is 6.83. The van der Waals surface area contributed by atoms with Gasteiger partial charge in [-0.1, -0.05) is 0 Å². The molecule has 6 heteroatoms. The minimum Gasteiger partial charge on any atom is -0.444 e. The average Bonchev–Trinajstić information content (AvgIpc) is 2.26. The first-order valence-electron chi connectivity index (χ1n) is 5.59. The van der Waals surface area contributed by atoms with Crippen molar-refractivity contribution in [2.24, 2.45) is 0 Å². The summed E-state index contributed by atoms with van der Waals surface area (Å²) in [5.41, 5.74) is -0.389. The molecule has 98 valence electrons. The summed E-state index contributed by atoms with van der Waals surface area (Å²) in [6.07, 6.45) is 3.62. The van der Waals surface area contributed by atoms with E-state index in [1.54, 1.807) is 27.7 Å². The Labute approximate surface area is 106 Å². The molecule has 1 unspecified atom stereocenters. The Morgan fingerprint density at radius 3 is 2.50 bits per heavy atom. The van der Waals surface area contributed by atoms with Crippen molar-refractivity contribution in [3.63, 3.8) is 0 Å². The number of nitrogens with zero attached hydrogens (tertiary/aromatic N) is 2. The summed E-state index contributed by atoms with van der Waals surface area (Å²) >= 11 is 0. The number of carbonyl (C=O) groups excluding carboxylic acids is 2. The van der Waals surface area contributed by atoms with E-state index in [1.807, 2.05) is 0 Å². The van der Waals surface area contributed by atoms with E-state index >= 15 is 0 Å². The minimum absolute atomic E-state index is 0.209. The van der Waals surface area contributed by atoms with E-state index in [1.165, 1.54) is 18.6 Å². The highest BCUT2D eigenvalue weighted by Crippen LogP contribution is 2.07. The van der Waals surface area contributed by atoms with Crippen LogP contribution >= 0.6 is 0 Å². The van der Waals surface area contributed by atoms with Crippen LogP contribution in [-0.4, -0.2) is 33.5 Å². The molecule has 0 aliphatic heterocycles. The molecule has 0 spiro atoms. The molecule has 0 aliphatic rings. The van der Waals surface area contributed by atoms with E-state index in [4.69, 9.17) is 4.74 Å². The van der Waals surface area contributed by atoms with Gasteiger partial charge in [-0.25, -0.2) is 9.78 Å². The molecule has 0 fully saturated rings. The number of aromatic nitrogens is 2. The number of nitrogens with one attached hydrogen (secondary N) is 1. The standard InChI is InChI=1S/C12H17N3O3/c1-8(15-11(17)18-12(2,3)4)10(16)9-7-13-5-6-14-9/h5-8H,1-4H3,(H,15,17). The number of carbonyl (C=O) groups is 2. The smallest absolute Gasteiger partial charge is 0.408 e. The van der Waals surface area contributed by atoms with Crippen LogP contribution in [0.3, 0.4) is 0 Å². The van der Waals surface area contributed by atoms with Crippen LogP contribution in [0.15, 0.2) is 18.6 Å². The van der Waals surface area contributed by atoms with E-state index in [0.29, 0.717) is 0 Å². The first kappa shape index (κ1) is 14.1. The number of hydrogen-bond donors (Lipinski definition) is 1. The van der Waals surface area contributed by atoms with Gasteiger partial charge in [-0.05, 0) is 27.7 Å². The maximum atomic E-state index is 11.9. The van der Waals surface area contributed by atoms with Gasteiger partial charge in [0.1, 0.15) is 11.3 Å². The fourth-order valence-corrected chi connectivity index (χ4v) is 1.20. The van der Waals surface area contributed by atoms with Crippen LogP contribution in [-0.2, 0) is 4.74 Å². The maximum Gasteiger partial charge on any atom is 0.408 e. The van der Waals surface area contributed by atoms with Crippen LogP contribution in [0.5, 0.6) is 0 Å². The first-order chi connectivity index (χ1) is 8.29. The van der Waals surface area contributed by atoms with Crippen molar-refractivity contribution < 1.29 is 14.3 Å². The zero-order chi connectivity index (χ0) is 13.8. The normalized spacial score (nSPS) is 12.7. The molecule has 1 N–H and O–H groups in total. The Morgan fingerprint density at radius 2 is 2.00 bits per heavy atom. The molecule has 1 rings (SSSR count). The molecule has 1 aromatic heterocycles. The van der Waals surface area contributed by atoms with Gasteiger partial charge in [-0.3, -0.25) is 9.78 Å². The van der Waals surface area contributed by atoms with Crippen LogP contribution in [0.25, 0.3) is 0 Å². The van der Waals surface area contributed by atoms with E-state index < -0.39 is 17.7 Å². The number of ketones is 1. The molecule has 0 bridgehead atoms. The molecule has 0 saturated carbocycles. The summed E-state index contributed by atoms with van der Waals surface area (Å²) in [5.74, 6) is -0.311. The molecule has 18 heavy (non-hydrogen) atoms. The van der Waals surface area contributed by atoms with Gasteiger partial charge in [0.25, 0.3) is 0 Å². The highest BCUT2D eigenvalue weighted by atomic mass is 16.6. The second-order valence-corrected chi connectivity index (χ2v) is 4.82. The Kier molecular flexibility index (Phi) is 4.36. The van der Waals surface area contributed by atoms with Crippen molar-refractivity contribution in [1.82, 2.24) is 15.3 Å². The van der Waals surface area contributed by atoms with Gasteiger partial charge in [0, 0.05) is 12.4 Å². The Hall–Kier alpha value is -1.98. The van der Waals surface area contributed by atoms with Gasteiger partial charge in [-0.2, -0.15) is 0 Å². The molecule has 1 heterocycles. The zero-order valence-corrected chi connectivity index (χ0v) is 10.9. The van der Waals surface area contributed by atoms with Crippen molar-refractivity contribution in [2.75, 3.05) is 0 Å². The first-order valence-corrected chi connectivity index (χ1v) is 5.59. The third kappa shape index (κ3) is 4.48. The van der Waals surface area contributed by atoms with Gasteiger partial charge in [0.05, 0.1) is 12.2 Å². The third-order valence-electron chi connectivity index (χ3n) is 1.94. The third-order valence-corrected chi connectivity index (χ3v) is 1.94. The van der Waals surface area contributed by atoms with Crippen LogP contribution in [0.2, 0.25) is 0 Å². The lowest BCUT2D eigenvalue weighted by atomic mass is 10.1. The van der Waals surface area contributed by atoms with Crippen molar-refractivity contribution in [1.29, 1.82) is 0 Å². The largest absolute Gasteiger partial charge is 0.444 e. The number of ether oxygens (including phenoxy) is 1. The predicted octanol–water partition coefficient (Wildman–Crippen LogP) is 1.57. The molecule has 1 amide bonds. The molecule has 1 atom stereocenters. The molecule has 0 saturated heterocycles.